The SMILES string of the molecule is CN(C)Cc1ccc(NC(=O)Nc2ncc(C#Cc3cnc4ccc(C5CC5)nn34)s2)cc1C(F)(F)F. The summed E-state index contributed by atoms with van der Waals surface area (Å²) in [5.74, 6) is 6.54. The number of hydrogen-bond acceptors (Lipinski definition) is 6. The van der Waals surface area contributed by atoms with Crippen molar-refractivity contribution in [2.24, 2.45) is 0 Å². The number of anilines is 2. The molecular weight excluding hydrogens is 503 g/mol. The molecule has 1 saturated carbocycles. The van der Waals surface area contributed by atoms with Crippen LogP contribution in [0.1, 0.15) is 46.2 Å². The van der Waals surface area contributed by atoms with Gasteiger partial charge in [-0.2, -0.15) is 18.3 Å². The van der Waals surface area contributed by atoms with Crippen LogP contribution >= 0.6 is 11.3 Å². The minimum Gasteiger partial charge on any atom is -0.308 e. The number of nitrogens with one attached hydrogen (secondary N) is 2. The molecule has 0 bridgehead atoms. The Morgan fingerprint density at radius 2 is 1.95 bits per heavy atom. The number of aromatic nitrogens is 4. The Balaban J connectivity index is 1.26. The fourth-order valence-electron chi connectivity index (χ4n) is 3.74. The Labute approximate surface area is 214 Å². The van der Waals surface area contributed by atoms with Gasteiger partial charge < -0.3 is 10.2 Å². The van der Waals surface area contributed by atoms with Crippen LogP contribution in [0.25, 0.3) is 5.65 Å². The van der Waals surface area contributed by atoms with Gasteiger partial charge in [0.05, 0.1) is 28.5 Å². The summed E-state index contributed by atoms with van der Waals surface area (Å²) in [6.07, 6.45) is 0.904. The molecule has 8 nitrogen and oxygen atoms in total. The van der Waals surface area contributed by atoms with Crippen molar-refractivity contribution in [3.8, 4) is 11.8 Å². The van der Waals surface area contributed by atoms with Crippen molar-refractivity contribution in [2.45, 2.75) is 31.5 Å². The normalized spacial score (nSPS) is 13.5. The molecule has 3 heterocycles. The van der Waals surface area contributed by atoms with Crippen molar-refractivity contribution in [1.82, 2.24) is 24.5 Å². The number of rotatable bonds is 5. The van der Waals surface area contributed by atoms with Gasteiger partial charge in [-0.15, -0.1) is 0 Å². The van der Waals surface area contributed by atoms with Crippen molar-refractivity contribution in [1.29, 1.82) is 0 Å². The van der Waals surface area contributed by atoms with Crippen molar-refractivity contribution in [3.63, 3.8) is 0 Å². The number of benzene rings is 1. The Morgan fingerprint density at radius 1 is 1.14 bits per heavy atom. The van der Waals surface area contributed by atoms with Gasteiger partial charge in [0, 0.05) is 18.2 Å². The molecule has 4 aromatic rings. The van der Waals surface area contributed by atoms with Crippen molar-refractivity contribution >= 4 is 33.8 Å². The first-order chi connectivity index (χ1) is 17.7. The molecule has 190 valence electrons. The number of fused-ring (bicyclic) bond motifs is 1. The number of imidazole rings is 1. The molecule has 0 radical (unpaired) electrons. The smallest absolute Gasteiger partial charge is 0.308 e. The zero-order chi connectivity index (χ0) is 26.2. The molecule has 12 heteroatoms. The molecule has 0 spiro atoms. The summed E-state index contributed by atoms with van der Waals surface area (Å²) in [4.78, 5) is 23.1. The predicted octanol–water partition coefficient (Wildman–Crippen LogP) is 5.19. The first-order valence-corrected chi connectivity index (χ1v) is 12.2. The van der Waals surface area contributed by atoms with E-state index in [0.29, 0.717) is 22.1 Å². The van der Waals surface area contributed by atoms with Crippen LogP contribution in [0.3, 0.4) is 0 Å². The molecule has 1 aliphatic rings. The molecular formula is C25H22F3N7OS. The molecule has 2 N–H and O–H groups in total. The molecule has 1 fully saturated rings. The standard InChI is InChI=1S/C25H22F3N7OS/c1-34(2)14-16-5-6-17(11-20(16)25(26,27)28)31-23(36)32-24-30-13-19(37-24)8-7-18-12-29-22-10-9-21(15-3-4-15)33-35(18)22/h5-6,9-13,15H,3-4,14H2,1-2H3,(H2,30,31,32,36). The summed E-state index contributed by atoms with van der Waals surface area (Å²) in [6, 6.07) is 6.93. The topological polar surface area (TPSA) is 87.5 Å². The third-order valence-electron chi connectivity index (χ3n) is 5.58. The molecule has 0 saturated heterocycles. The Kier molecular flexibility index (Phi) is 6.57. The first kappa shape index (κ1) is 24.7. The van der Waals surface area contributed by atoms with Crippen LogP contribution in [0, 0.1) is 11.8 Å². The van der Waals surface area contributed by atoms with Crippen LogP contribution in [0.4, 0.5) is 28.8 Å². The Bertz CT molecular complexity index is 1530. The Morgan fingerprint density at radius 3 is 2.68 bits per heavy atom. The van der Waals surface area contributed by atoms with E-state index in [4.69, 9.17) is 0 Å². The van der Waals surface area contributed by atoms with Gasteiger partial charge in [0.25, 0.3) is 0 Å². The number of amides is 2. The van der Waals surface area contributed by atoms with Crippen LogP contribution in [-0.4, -0.2) is 44.6 Å². The van der Waals surface area contributed by atoms with Gasteiger partial charge in [0.2, 0.25) is 0 Å². The summed E-state index contributed by atoms with van der Waals surface area (Å²) >= 11 is 1.14. The van der Waals surface area contributed by atoms with E-state index in [0.717, 1.165) is 35.9 Å². The van der Waals surface area contributed by atoms with Crippen molar-refractivity contribution < 1.29 is 18.0 Å². The molecule has 5 rings (SSSR count). The lowest BCUT2D eigenvalue weighted by Gasteiger charge is -2.17. The lowest BCUT2D eigenvalue weighted by molar-refractivity contribution is -0.138. The number of alkyl halides is 3. The first-order valence-electron chi connectivity index (χ1n) is 11.4. The monoisotopic (exact) mass is 525 g/mol. The van der Waals surface area contributed by atoms with Crippen LogP contribution in [0.15, 0.2) is 42.7 Å². The highest BCUT2D eigenvalue weighted by molar-refractivity contribution is 7.16. The molecule has 1 aliphatic carbocycles. The van der Waals surface area contributed by atoms with Crippen LogP contribution in [-0.2, 0) is 12.7 Å². The summed E-state index contributed by atoms with van der Waals surface area (Å²) in [5.41, 5.74) is 1.72. The van der Waals surface area contributed by atoms with E-state index in [9.17, 15) is 18.0 Å². The van der Waals surface area contributed by atoms with Crippen LogP contribution in [0.2, 0.25) is 0 Å². The lowest BCUT2D eigenvalue weighted by Crippen LogP contribution is -2.21. The maximum absolute atomic E-state index is 13.5. The molecule has 1 aromatic carbocycles. The quantitative estimate of drug-likeness (QED) is 0.351. The second-order valence-corrected chi connectivity index (χ2v) is 9.94. The maximum Gasteiger partial charge on any atom is 0.416 e. The van der Waals surface area contributed by atoms with E-state index in [2.05, 4.69) is 37.5 Å². The van der Waals surface area contributed by atoms with Gasteiger partial charge in [-0.3, -0.25) is 5.32 Å². The van der Waals surface area contributed by atoms with E-state index in [1.54, 1.807) is 29.7 Å². The van der Waals surface area contributed by atoms with Crippen LogP contribution in [0.5, 0.6) is 0 Å². The maximum atomic E-state index is 13.5. The minimum absolute atomic E-state index is 0.0228. The predicted molar refractivity (Wildman–Crippen MR) is 135 cm³/mol. The second kappa shape index (κ2) is 9.84. The highest BCUT2D eigenvalue weighted by Crippen LogP contribution is 2.38. The average molecular weight is 526 g/mol. The summed E-state index contributed by atoms with van der Waals surface area (Å²) in [6.45, 7) is 0.122. The minimum atomic E-state index is -4.54. The zero-order valence-electron chi connectivity index (χ0n) is 19.9. The van der Waals surface area contributed by atoms with Crippen molar-refractivity contribution in [3.05, 3.63) is 70.1 Å². The van der Waals surface area contributed by atoms with Gasteiger partial charge >= 0.3 is 12.2 Å². The summed E-state index contributed by atoms with van der Waals surface area (Å²) < 4.78 is 42.2. The van der Waals surface area contributed by atoms with Crippen molar-refractivity contribution in [2.75, 3.05) is 24.7 Å². The zero-order valence-corrected chi connectivity index (χ0v) is 20.7. The Hall–Kier alpha value is -3.95. The molecule has 0 aliphatic heterocycles. The van der Waals surface area contributed by atoms with E-state index in [-0.39, 0.29) is 22.9 Å². The lowest BCUT2D eigenvalue weighted by atomic mass is 10.1. The fourth-order valence-corrected chi connectivity index (χ4v) is 4.41. The van der Waals surface area contributed by atoms with E-state index >= 15 is 0 Å². The van der Waals surface area contributed by atoms with Gasteiger partial charge in [-0.1, -0.05) is 17.4 Å². The summed E-state index contributed by atoms with van der Waals surface area (Å²) in [7, 11) is 3.37. The number of nitrogens with zero attached hydrogens (tertiary/aromatic N) is 5. The largest absolute Gasteiger partial charge is 0.416 e. The average Bonchev–Trinajstić information content (AvgIpc) is 3.46. The molecule has 0 unspecified atom stereocenters. The van der Waals surface area contributed by atoms with E-state index in [1.807, 2.05) is 12.1 Å². The van der Waals surface area contributed by atoms with Crippen LogP contribution < -0.4 is 10.6 Å². The number of carbonyl (C=O) groups is 1. The second-order valence-electron chi connectivity index (χ2n) is 8.91. The molecule has 3 aromatic heterocycles. The third-order valence-corrected chi connectivity index (χ3v) is 6.41. The van der Waals surface area contributed by atoms with Gasteiger partial charge in [-0.05, 0) is 68.6 Å². The highest BCUT2D eigenvalue weighted by atomic mass is 32.1. The van der Waals surface area contributed by atoms with E-state index < -0.39 is 17.8 Å². The number of halogens is 3. The van der Waals surface area contributed by atoms with Gasteiger partial charge in [-0.25, -0.2) is 19.3 Å². The third kappa shape index (κ3) is 5.90. The molecule has 37 heavy (non-hydrogen) atoms. The number of urea groups is 1. The van der Waals surface area contributed by atoms with E-state index in [1.165, 1.54) is 18.3 Å². The number of carbonyl (C=O) groups excluding carboxylic acids is 1. The fraction of sp³-hybridized carbons (Fsp3) is 0.280. The number of hydrogen-bond donors (Lipinski definition) is 2. The number of thiazole rings is 1. The molecule has 0 atom stereocenters. The molecule has 2 amide bonds. The highest BCUT2D eigenvalue weighted by Gasteiger charge is 2.33. The van der Waals surface area contributed by atoms with Gasteiger partial charge in [0.1, 0.15) is 5.69 Å². The van der Waals surface area contributed by atoms with Gasteiger partial charge in [0.15, 0.2) is 10.8 Å². The summed E-state index contributed by atoms with van der Waals surface area (Å²) in [5, 5.41) is 9.86.